The van der Waals surface area contributed by atoms with E-state index in [0.717, 1.165) is 0 Å². The van der Waals surface area contributed by atoms with Crippen LogP contribution in [0.3, 0.4) is 0 Å². The SMILES string of the molecule is CCOC(C)[Si]1(C)O[Si](C)(C(C)OCC)O[Si](C)(C(C)OCC)O[Si](C)(C(C)OCC)O1. The smallest absolute Gasteiger partial charge is 0.347 e. The van der Waals surface area contributed by atoms with Gasteiger partial charge in [-0.2, -0.15) is 0 Å². The van der Waals surface area contributed by atoms with Crippen molar-refractivity contribution in [1.82, 2.24) is 0 Å². The normalized spacial score (nSPS) is 37.9. The summed E-state index contributed by atoms with van der Waals surface area (Å²) >= 11 is 0. The van der Waals surface area contributed by atoms with Gasteiger partial charge in [0.05, 0.1) is 22.9 Å². The van der Waals surface area contributed by atoms with Gasteiger partial charge in [0.25, 0.3) is 0 Å². The van der Waals surface area contributed by atoms with E-state index in [4.69, 9.17) is 35.4 Å². The molecule has 0 N–H and O–H groups in total. The Labute approximate surface area is 200 Å². The van der Waals surface area contributed by atoms with Crippen LogP contribution in [0.15, 0.2) is 0 Å². The third kappa shape index (κ3) is 7.27. The quantitative estimate of drug-likeness (QED) is 0.349. The molecule has 0 amide bonds. The van der Waals surface area contributed by atoms with Crippen LogP contribution in [0, 0.1) is 0 Å². The summed E-state index contributed by atoms with van der Waals surface area (Å²) in [6.45, 7) is 26.6. The summed E-state index contributed by atoms with van der Waals surface area (Å²) in [5.74, 6) is 0. The average Bonchev–Trinajstić information content (AvgIpc) is 2.67. The van der Waals surface area contributed by atoms with E-state index in [9.17, 15) is 0 Å². The molecule has 0 aromatic heterocycles. The molecule has 192 valence electrons. The zero-order valence-electron chi connectivity index (χ0n) is 22.4. The molecule has 1 aliphatic heterocycles. The summed E-state index contributed by atoms with van der Waals surface area (Å²) in [7, 11) is -11.8. The second-order valence-electron chi connectivity index (χ2n) is 8.86. The first kappa shape index (κ1) is 30.6. The van der Waals surface area contributed by atoms with Gasteiger partial charge in [-0.25, -0.2) is 0 Å². The van der Waals surface area contributed by atoms with Gasteiger partial charge in [0, 0.05) is 26.4 Å². The fourth-order valence-corrected chi connectivity index (χ4v) is 26.2. The highest BCUT2D eigenvalue weighted by Crippen LogP contribution is 2.38. The van der Waals surface area contributed by atoms with E-state index in [-0.39, 0.29) is 22.9 Å². The van der Waals surface area contributed by atoms with E-state index in [1.54, 1.807) is 0 Å². The summed E-state index contributed by atoms with van der Waals surface area (Å²) < 4.78 is 52.2. The Morgan fingerprint density at radius 1 is 0.438 bits per heavy atom. The van der Waals surface area contributed by atoms with E-state index in [2.05, 4.69) is 26.2 Å². The molecule has 4 unspecified atom stereocenters. The second-order valence-corrected chi connectivity index (χ2v) is 23.5. The zero-order chi connectivity index (χ0) is 24.8. The molecular formula is C20H48O8Si4. The Kier molecular flexibility index (Phi) is 11.9. The van der Waals surface area contributed by atoms with Crippen LogP contribution in [-0.4, -0.2) is 83.6 Å². The van der Waals surface area contributed by atoms with E-state index in [0.29, 0.717) is 26.4 Å². The van der Waals surface area contributed by atoms with Gasteiger partial charge in [-0.15, -0.1) is 0 Å². The Morgan fingerprint density at radius 2 is 0.594 bits per heavy atom. The minimum absolute atomic E-state index is 0.212. The molecule has 0 saturated carbocycles. The fourth-order valence-electron chi connectivity index (χ4n) is 3.96. The van der Waals surface area contributed by atoms with Crippen LogP contribution in [-0.2, 0) is 35.4 Å². The number of hydrogen-bond donors (Lipinski definition) is 0. The van der Waals surface area contributed by atoms with Crippen LogP contribution >= 0.6 is 0 Å². The molecule has 0 bridgehead atoms. The summed E-state index contributed by atoms with van der Waals surface area (Å²) in [4.78, 5) is 0. The maximum absolute atomic E-state index is 7.00. The van der Waals surface area contributed by atoms with Crippen molar-refractivity contribution in [3.63, 3.8) is 0 Å². The standard InChI is InChI=1S/C20H48O8Si4/c1-13-21-17(5)29(9)25-30(10,18(6)22-14-2)27-32(12,20(8)24-16-4)28-31(11,26-29)19(7)23-15-3/h17-20H,13-16H2,1-12H3. The van der Waals surface area contributed by atoms with Crippen molar-refractivity contribution in [2.75, 3.05) is 26.4 Å². The lowest BCUT2D eigenvalue weighted by Crippen LogP contribution is -2.76. The lowest BCUT2D eigenvalue weighted by Gasteiger charge is -2.54. The first-order valence-electron chi connectivity index (χ1n) is 12.0. The van der Waals surface area contributed by atoms with Gasteiger partial charge in [-0.1, -0.05) is 0 Å². The van der Waals surface area contributed by atoms with Crippen molar-refractivity contribution in [3.8, 4) is 0 Å². The van der Waals surface area contributed by atoms with Crippen LogP contribution in [0.25, 0.3) is 0 Å². The van der Waals surface area contributed by atoms with E-state index >= 15 is 0 Å². The fraction of sp³-hybridized carbons (Fsp3) is 1.00. The summed E-state index contributed by atoms with van der Waals surface area (Å²) in [5, 5.41) is 0. The predicted octanol–water partition coefficient (Wildman–Crippen LogP) is 4.21. The molecule has 1 aliphatic rings. The first-order valence-corrected chi connectivity index (χ1v) is 21.6. The predicted molar refractivity (Wildman–Crippen MR) is 135 cm³/mol. The van der Waals surface area contributed by atoms with E-state index in [1.165, 1.54) is 0 Å². The molecule has 32 heavy (non-hydrogen) atoms. The summed E-state index contributed by atoms with van der Waals surface area (Å²) in [5.41, 5.74) is -0.847. The van der Waals surface area contributed by atoms with Gasteiger partial charge in [-0.3, -0.25) is 0 Å². The molecule has 8 nitrogen and oxygen atoms in total. The van der Waals surface area contributed by atoms with Gasteiger partial charge in [0.1, 0.15) is 0 Å². The van der Waals surface area contributed by atoms with Crippen LogP contribution in [0.4, 0.5) is 0 Å². The molecule has 1 heterocycles. The van der Waals surface area contributed by atoms with Gasteiger partial charge in [-0.05, 0) is 81.6 Å². The van der Waals surface area contributed by atoms with Crippen molar-refractivity contribution in [3.05, 3.63) is 0 Å². The first-order chi connectivity index (χ1) is 14.8. The van der Waals surface area contributed by atoms with Gasteiger partial charge in [0.15, 0.2) is 0 Å². The molecule has 0 aliphatic carbocycles. The lowest BCUT2D eigenvalue weighted by molar-refractivity contribution is 0.0389. The molecular weight excluding hydrogens is 481 g/mol. The van der Waals surface area contributed by atoms with Crippen molar-refractivity contribution >= 4 is 34.2 Å². The monoisotopic (exact) mass is 528 g/mol. The molecule has 4 atom stereocenters. The summed E-state index contributed by atoms with van der Waals surface area (Å²) in [6.07, 6.45) is 0. The third-order valence-electron chi connectivity index (χ3n) is 6.24. The number of rotatable bonds is 12. The minimum Gasteiger partial charge on any atom is -0.413 e. The van der Waals surface area contributed by atoms with Crippen LogP contribution in [0.1, 0.15) is 55.4 Å². The highest BCUT2D eigenvalue weighted by atomic mass is 28.5. The largest absolute Gasteiger partial charge is 0.413 e. The summed E-state index contributed by atoms with van der Waals surface area (Å²) in [6, 6.07) is 0. The number of hydrogen-bond acceptors (Lipinski definition) is 8. The van der Waals surface area contributed by atoms with Crippen LogP contribution < -0.4 is 0 Å². The van der Waals surface area contributed by atoms with E-state index < -0.39 is 34.2 Å². The molecule has 1 fully saturated rings. The molecule has 1 rings (SSSR count). The molecule has 0 aromatic carbocycles. The Hall–Kier alpha value is 0.548. The minimum atomic E-state index is -2.94. The molecule has 0 radical (unpaired) electrons. The lowest BCUT2D eigenvalue weighted by atomic mass is 10.8. The highest BCUT2D eigenvalue weighted by molar-refractivity contribution is 6.95. The van der Waals surface area contributed by atoms with Gasteiger partial charge >= 0.3 is 34.2 Å². The maximum atomic E-state index is 7.00. The van der Waals surface area contributed by atoms with E-state index in [1.807, 2.05) is 55.4 Å². The number of ether oxygens (including phenoxy) is 4. The average molecular weight is 529 g/mol. The molecule has 12 heteroatoms. The molecule has 1 saturated heterocycles. The van der Waals surface area contributed by atoms with Gasteiger partial charge < -0.3 is 35.4 Å². The Balaban J connectivity index is 3.62. The van der Waals surface area contributed by atoms with Crippen molar-refractivity contribution in [1.29, 1.82) is 0 Å². The topological polar surface area (TPSA) is 73.8 Å². The Morgan fingerprint density at radius 3 is 0.719 bits per heavy atom. The zero-order valence-corrected chi connectivity index (χ0v) is 26.4. The van der Waals surface area contributed by atoms with Crippen LogP contribution in [0.5, 0.6) is 0 Å². The van der Waals surface area contributed by atoms with Crippen molar-refractivity contribution < 1.29 is 35.4 Å². The Bertz CT molecular complexity index is 466. The van der Waals surface area contributed by atoms with Crippen molar-refractivity contribution in [2.24, 2.45) is 0 Å². The van der Waals surface area contributed by atoms with Crippen LogP contribution in [0.2, 0.25) is 26.2 Å². The maximum Gasteiger partial charge on any atom is 0.347 e. The molecule has 0 spiro atoms. The molecule has 0 aromatic rings. The second kappa shape index (κ2) is 12.5. The van der Waals surface area contributed by atoms with Crippen molar-refractivity contribution in [2.45, 2.75) is 104 Å². The third-order valence-corrected chi connectivity index (χ3v) is 25.8. The van der Waals surface area contributed by atoms with Gasteiger partial charge in [0.2, 0.25) is 0 Å². The highest BCUT2D eigenvalue weighted by Gasteiger charge is 2.63.